The first-order valence-electron chi connectivity index (χ1n) is 5.89. The monoisotopic (exact) mass is 268 g/mol. The number of carbonyl (C=O) groups excluding carboxylic acids is 1. The molecular formula is C13H20N2O2S. The number of aliphatic hydroxyl groups is 1. The van der Waals surface area contributed by atoms with Crippen LogP contribution in [0.4, 0.5) is 10.5 Å². The van der Waals surface area contributed by atoms with Crippen LogP contribution in [0, 0.1) is 5.92 Å². The molecule has 0 saturated heterocycles. The summed E-state index contributed by atoms with van der Waals surface area (Å²) in [5.74, 6) is 0.0367. The fraction of sp³-hybridized carbons (Fsp3) is 0.462. The lowest BCUT2D eigenvalue weighted by Gasteiger charge is -2.19. The van der Waals surface area contributed by atoms with E-state index < -0.39 is 0 Å². The highest BCUT2D eigenvalue weighted by Crippen LogP contribution is 2.17. The van der Waals surface area contributed by atoms with E-state index in [1.807, 2.05) is 44.4 Å². The molecule has 0 saturated carbocycles. The van der Waals surface area contributed by atoms with Crippen LogP contribution in [0.1, 0.15) is 13.8 Å². The van der Waals surface area contributed by atoms with Gasteiger partial charge in [0.2, 0.25) is 0 Å². The van der Waals surface area contributed by atoms with Crippen LogP contribution >= 0.6 is 11.8 Å². The van der Waals surface area contributed by atoms with E-state index in [-0.39, 0.29) is 24.6 Å². The van der Waals surface area contributed by atoms with Gasteiger partial charge in [-0.15, -0.1) is 11.8 Å². The Morgan fingerprint density at radius 2 is 1.94 bits per heavy atom. The van der Waals surface area contributed by atoms with Gasteiger partial charge in [0.1, 0.15) is 0 Å². The van der Waals surface area contributed by atoms with E-state index in [1.165, 1.54) is 0 Å². The third-order valence-corrected chi connectivity index (χ3v) is 3.59. The van der Waals surface area contributed by atoms with Crippen molar-refractivity contribution in [1.82, 2.24) is 5.32 Å². The van der Waals surface area contributed by atoms with Crippen molar-refractivity contribution >= 4 is 23.5 Å². The molecule has 0 fully saturated rings. The Bertz CT molecular complexity index is 381. The largest absolute Gasteiger partial charge is 0.396 e. The topological polar surface area (TPSA) is 61.4 Å². The molecule has 1 aromatic carbocycles. The molecule has 100 valence electrons. The van der Waals surface area contributed by atoms with E-state index in [2.05, 4.69) is 10.6 Å². The van der Waals surface area contributed by atoms with E-state index in [0.29, 0.717) is 0 Å². The number of hydrogen-bond acceptors (Lipinski definition) is 3. The highest BCUT2D eigenvalue weighted by Gasteiger charge is 2.13. The number of benzene rings is 1. The Kier molecular flexibility index (Phi) is 6.01. The Morgan fingerprint density at radius 1 is 1.33 bits per heavy atom. The standard InChI is InChI=1S/C13H20N2O2S/c1-9(8-16)10(2)14-13(17)15-11-4-6-12(18-3)7-5-11/h4-7,9-10,16H,8H2,1-3H3,(H2,14,15,17). The molecule has 3 N–H and O–H groups in total. The van der Waals surface area contributed by atoms with Crippen molar-refractivity contribution in [3.63, 3.8) is 0 Å². The van der Waals surface area contributed by atoms with Gasteiger partial charge in [0.05, 0.1) is 0 Å². The molecule has 1 aromatic rings. The van der Waals surface area contributed by atoms with Crippen molar-refractivity contribution in [2.24, 2.45) is 5.92 Å². The average molecular weight is 268 g/mol. The zero-order chi connectivity index (χ0) is 13.5. The van der Waals surface area contributed by atoms with Gasteiger partial charge in [0, 0.05) is 23.2 Å². The van der Waals surface area contributed by atoms with E-state index in [9.17, 15) is 4.79 Å². The molecule has 0 aliphatic rings. The summed E-state index contributed by atoms with van der Waals surface area (Å²) in [7, 11) is 0. The van der Waals surface area contributed by atoms with Crippen molar-refractivity contribution in [3.8, 4) is 0 Å². The third-order valence-electron chi connectivity index (χ3n) is 2.85. The van der Waals surface area contributed by atoms with Crippen LogP contribution in [0.15, 0.2) is 29.2 Å². The lowest BCUT2D eigenvalue weighted by molar-refractivity contribution is 0.204. The summed E-state index contributed by atoms with van der Waals surface area (Å²) in [6.45, 7) is 3.82. The van der Waals surface area contributed by atoms with Crippen molar-refractivity contribution in [2.45, 2.75) is 24.8 Å². The second-order valence-corrected chi connectivity index (χ2v) is 5.16. The van der Waals surface area contributed by atoms with Crippen LogP contribution in [0.25, 0.3) is 0 Å². The lowest BCUT2D eigenvalue weighted by atomic mass is 10.1. The molecule has 4 nitrogen and oxygen atoms in total. The van der Waals surface area contributed by atoms with Gasteiger partial charge >= 0.3 is 6.03 Å². The molecule has 0 heterocycles. The van der Waals surface area contributed by atoms with E-state index in [4.69, 9.17) is 5.11 Å². The SMILES string of the molecule is CSc1ccc(NC(=O)NC(C)C(C)CO)cc1. The van der Waals surface area contributed by atoms with Crippen LogP contribution in [0.5, 0.6) is 0 Å². The molecule has 0 aliphatic carbocycles. The van der Waals surface area contributed by atoms with Crippen molar-refractivity contribution < 1.29 is 9.90 Å². The summed E-state index contributed by atoms with van der Waals surface area (Å²) in [4.78, 5) is 12.8. The molecule has 5 heteroatoms. The van der Waals surface area contributed by atoms with Crippen LogP contribution in [-0.2, 0) is 0 Å². The minimum absolute atomic E-state index is 0.0367. The lowest BCUT2D eigenvalue weighted by Crippen LogP contribution is -2.40. The molecule has 0 aliphatic heterocycles. The van der Waals surface area contributed by atoms with Crippen LogP contribution in [-0.4, -0.2) is 30.0 Å². The molecule has 0 spiro atoms. The molecule has 2 atom stereocenters. The van der Waals surface area contributed by atoms with Crippen molar-refractivity contribution in [3.05, 3.63) is 24.3 Å². The van der Waals surface area contributed by atoms with Crippen LogP contribution in [0.3, 0.4) is 0 Å². The van der Waals surface area contributed by atoms with Gasteiger partial charge < -0.3 is 15.7 Å². The van der Waals surface area contributed by atoms with Gasteiger partial charge in [-0.05, 0) is 43.4 Å². The fourth-order valence-electron chi connectivity index (χ4n) is 1.35. The molecule has 2 amide bonds. The predicted molar refractivity (Wildman–Crippen MR) is 76.1 cm³/mol. The Balaban J connectivity index is 2.48. The summed E-state index contributed by atoms with van der Waals surface area (Å²) in [6.07, 6.45) is 2.01. The number of anilines is 1. The molecule has 1 rings (SSSR count). The minimum Gasteiger partial charge on any atom is -0.396 e. The number of urea groups is 1. The highest BCUT2D eigenvalue weighted by atomic mass is 32.2. The quantitative estimate of drug-likeness (QED) is 0.719. The predicted octanol–water partition coefficient (Wildman–Crippen LogP) is 2.55. The zero-order valence-corrected chi connectivity index (χ0v) is 11.8. The van der Waals surface area contributed by atoms with Gasteiger partial charge in [-0.25, -0.2) is 4.79 Å². The van der Waals surface area contributed by atoms with Gasteiger partial charge in [-0.2, -0.15) is 0 Å². The summed E-state index contributed by atoms with van der Waals surface area (Å²) in [5, 5.41) is 14.5. The maximum atomic E-state index is 11.7. The second kappa shape index (κ2) is 7.28. The first-order valence-corrected chi connectivity index (χ1v) is 7.11. The number of thioether (sulfide) groups is 1. The van der Waals surface area contributed by atoms with Crippen LogP contribution in [0.2, 0.25) is 0 Å². The number of hydrogen-bond donors (Lipinski definition) is 3. The summed E-state index contributed by atoms with van der Waals surface area (Å²) in [6, 6.07) is 7.33. The first-order chi connectivity index (χ1) is 8.56. The molecular weight excluding hydrogens is 248 g/mol. The smallest absolute Gasteiger partial charge is 0.319 e. The number of aliphatic hydroxyl groups excluding tert-OH is 1. The summed E-state index contributed by atoms with van der Waals surface area (Å²) in [5.41, 5.74) is 0.758. The van der Waals surface area contributed by atoms with Crippen LogP contribution < -0.4 is 10.6 Å². The van der Waals surface area contributed by atoms with E-state index >= 15 is 0 Å². The summed E-state index contributed by atoms with van der Waals surface area (Å²) >= 11 is 1.66. The zero-order valence-electron chi connectivity index (χ0n) is 10.9. The second-order valence-electron chi connectivity index (χ2n) is 4.28. The molecule has 2 unspecified atom stereocenters. The maximum absolute atomic E-state index is 11.7. The van der Waals surface area contributed by atoms with E-state index in [0.717, 1.165) is 10.6 Å². The Hall–Kier alpha value is -1.20. The normalized spacial score (nSPS) is 13.8. The highest BCUT2D eigenvalue weighted by molar-refractivity contribution is 7.98. The number of amides is 2. The van der Waals surface area contributed by atoms with Gasteiger partial charge in [-0.3, -0.25) is 0 Å². The number of carbonyl (C=O) groups is 1. The Labute approximate surface area is 112 Å². The van der Waals surface area contributed by atoms with Gasteiger partial charge in [0.15, 0.2) is 0 Å². The van der Waals surface area contributed by atoms with E-state index in [1.54, 1.807) is 11.8 Å². The molecule has 0 bridgehead atoms. The van der Waals surface area contributed by atoms with Crippen molar-refractivity contribution in [2.75, 3.05) is 18.2 Å². The fourth-order valence-corrected chi connectivity index (χ4v) is 1.76. The molecule has 0 radical (unpaired) electrons. The maximum Gasteiger partial charge on any atom is 0.319 e. The minimum atomic E-state index is -0.250. The number of nitrogens with one attached hydrogen (secondary N) is 2. The Morgan fingerprint density at radius 3 is 2.44 bits per heavy atom. The van der Waals surface area contributed by atoms with Crippen molar-refractivity contribution in [1.29, 1.82) is 0 Å². The number of rotatable bonds is 5. The van der Waals surface area contributed by atoms with Gasteiger partial charge in [0.25, 0.3) is 0 Å². The summed E-state index contributed by atoms with van der Waals surface area (Å²) < 4.78 is 0. The molecule has 0 aromatic heterocycles. The van der Waals surface area contributed by atoms with Gasteiger partial charge in [-0.1, -0.05) is 6.92 Å². The third kappa shape index (κ3) is 4.58. The average Bonchev–Trinajstić information content (AvgIpc) is 2.38. The first kappa shape index (κ1) is 14.9. The molecule has 18 heavy (non-hydrogen) atoms.